The van der Waals surface area contributed by atoms with Gasteiger partial charge in [0.05, 0.1) is 4.88 Å². The largest absolute Gasteiger partial charge is 0.488 e. The molecule has 0 aliphatic rings. The molecule has 22 heavy (non-hydrogen) atoms. The quantitative estimate of drug-likeness (QED) is 0.563. The van der Waals surface area contributed by atoms with Crippen molar-refractivity contribution in [3.8, 4) is 5.75 Å². The number of fused-ring (bicyclic) bond motifs is 1. The van der Waals surface area contributed by atoms with Crippen LogP contribution in [0.5, 0.6) is 5.75 Å². The van der Waals surface area contributed by atoms with Gasteiger partial charge in [-0.15, -0.1) is 11.3 Å². The lowest BCUT2D eigenvalue weighted by Gasteiger charge is -2.07. The standard InChI is InChI=1S/C16H12F2N2OS/c17-11-5-4-9(6-12(11)18)8-21-13-2-1-3-14-10(13)7-15(22-14)16(19)20/h1-7H,8H2,(H3,19,20). The highest BCUT2D eigenvalue weighted by Crippen LogP contribution is 2.33. The third-order valence-corrected chi connectivity index (χ3v) is 4.30. The fourth-order valence-corrected chi connectivity index (χ4v) is 3.02. The van der Waals surface area contributed by atoms with Crippen molar-refractivity contribution >= 4 is 27.3 Å². The summed E-state index contributed by atoms with van der Waals surface area (Å²) in [6.07, 6.45) is 0. The van der Waals surface area contributed by atoms with Crippen LogP contribution in [-0.4, -0.2) is 5.84 Å². The Morgan fingerprint density at radius 3 is 2.68 bits per heavy atom. The summed E-state index contributed by atoms with van der Waals surface area (Å²) in [6, 6.07) is 11.0. The summed E-state index contributed by atoms with van der Waals surface area (Å²) in [7, 11) is 0. The van der Waals surface area contributed by atoms with Crippen molar-refractivity contribution < 1.29 is 13.5 Å². The van der Waals surface area contributed by atoms with Crippen molar-refractivity contribution in [2.75, 3.05) is 0 Å². The number of nitrogens with one attached hydrogen (secondary N) is 1. The molecule has 6 heteroatoms. The number of amidine groups is 1. The second kappa shape index (κ2) is 5.73. The lowest BCUT2D eigenvalue weighted by molar-refractivity contribution is 0.309. The lowest BCUT2D eigenvalue weighted by atomic mass is 10.2. The van der Waals surface area contributed by atoms with Crippen LogP contribution in [0.4, 0.5) is 8.78 Å². The highest BCUT2D eigenvalue weighted by Gasteiger charge is 2.09. The van der Waals surface area contributed by atoms with Crippen LogP contribution < -0.4 is 10.5 Å². The van der Waals surface area contributed by atoms with Gasteiger partial charge in [0.2, 0.25) is 0 Å². The first-order chi connectivity index (χ1) is 10.5. The minimum atomic E-state index is -0.895. The Labute approximate surface area is 129 Å². The minimum absolute atomic E-state index is 0.00718. The highest BCUT2D eigenvalue weighted by atomic mass is 32.1. The molecule has 0 amide bonds. The molecule has 0 atom stereocenters. The first kappa shape index (κ1) is 14.5. The van der Waals surface area contributed by atoms with E-state index < -0.39 is 11.6 Å². The number of benzene rings is 2. The minimum Gasteiger partial charge on any atom is -0.488 e. The number of nitrogens with two attached hydrogens (primary N) is 1. The maximum Gasteiger partial charge on any atom is 0.159 e. The SMILES string of the molecule is N=C(N)c1cc2c(OCc3ccc(F)c(F)c3)cccc2s1. The van der Waals surface area contributed by atoms with Gasteiger partial charge in [0.1, 0.15) is 18.2 Å². The number of rotatable bonds is 4. The van der Waals surface area contributed by atoms with Gasteiger partial charge in [-0.3, -0.25) is 5.41 Å². The predicted octanol–water partition coefficient (Wildman–Crippen LogP) is 4.04. The van der Waals surface area contributed by atoms with Crippen LogP contribution in [0.2, 0.25) is 0 Å². The topological polar surface area (TPSA) is 59.1 Å². The normalized spacial score (nSPS) is 10.8. The molecule has 2 aromatic carbocycles. The Morgan fingerprint density at radius 1 is 1.14 bits per heavy atom. The number of hydrogen-bond acceptors (Lipinski definition) is 3. The molecule has 1 heterocycles. The summed E-state index contributed by atoms with van der Waals surface area (Å²) in [4.78, 5) is 0.666. The van der Waals surface area contributed by atoms with E-state index in [1.165, 1.54) is 17.4 Å². The number of ether oxygens (including phenoxy) is 1. The molecule has 0 spiro atoms. The number of hydrogen-bond donors (Lipinski definition) is 2. The van der Waals surface area contributed by atoms with Crippen LogP contribution in [-0.2, 0) is 6.61 Å². The summed E-state index contributed by atoms with van der Waals surface area (Å²) in [5.74, 6) is -1.15. The van der Waals surface area contributed by atoms with Crippen molar-refractivity contribution in [3.63, 3.8) is 0 Å². The van der Waals surface area contributed by atoms with E-state index in [0.717, 1.165) is 22.2 Å². The molecular weight excluding hydrogens is 306 g/mol. The van der Waals surface area contributed by atoms with E-state index in [4.69, 9.17) is 15.9 Å². The average molecular weight is 318 g/mol. The van der Waals surface area contributed by atoms with Gasteiger partial charge in [0, 0.05) is 10.1 Å². The Balaban J connectivity index is 1.87. The van der Waals surface area contributed by atoms with E-state index in [-0.39, 0.29) is 12.4 Å². The van der Waals surface area contributed by atoms with Gasteiger partial charge >= 0.3 is 0 Å². The zero-order valence-electron chi connectivity index (χ0n) is 11.4. The molecule has 0 radical (unpaired) electrons. The molecule has 3 N–H and O–H groups in total. The molecule has 0 aliphatic heterocycles. The van der Waals surface area contributed by atoms with Crippen molar-refractivity contribution in [1.82, 2.24) is 0 Å². The van der Waals surface area contributed by atoms with Crippen molar-refractivity contribution in [3.05, 3.63) is 64.5 Å². The zero-order chi connectivity index (χ0) is 15.7. The molecule has 3 aromatic rings. The molecule has 0 fully saturated rings. The Hall–Kier alpha value is -2.47. The van der Waals surface area contributed by atoms with Crippen molar-refractivity contribution in [2.24, 2.45) is 5.73 Å². The van der Waals surface area contributed by atoms with Crippen LogP contribution >= 0.6 is 11.3 Å². The van der Waals surface area contributed by atoms with E-state index in [2.05, 4.69) is 0 Å². The molecule has 3 rings (SSSR count). The average Bonchev–Trinajstić information content (AvgIpc) is 2.93. The van der Waals surface area contributed by atoms with Crippen LogP contribution in [0, 0.1) is 17.0 Å². The van der Waals surface area contributed by atoms with Crippen molar-refractivity contribution in [2.45, 2.75) is 6.61 Å². The summed E-state index contributed by atoms with van der Waals surface area (Å²) in [5, 5.41) is 8.34. The first-order valence-corrected chi connectivity index (χ1v) is 7.30. The van der Waals surface area contributed by atoms with Crippen LogP contribution in [0.25, 0.3) is 10.1 Å². The first-order valence-electron chi connectivity index (χ1n) is 6.48. The molecule has 0 unspecified atom stereocenters. The molecule has 0 saturated carbocycles. The molecule has 3 nitrogen and oxygen atoms in total. The molecule has 0 aliphatic carbocycles. The Morgan fingerprint density at radius 2 is 1.95 bits per heavy atom. The number of halogens is 2. The molecule has 1 aromatic heterocycles. The van der Waals surface area contributed by atoms with Crippen LogP contribution in [0.1, 0.15) is 10.4 Å². The highest BCUT2D eigenvalue weighted by molar-refractivity contribution is 7.20. The van der Waals surface area contributed by atoms with Gasteiger partial charge in [0.15, 0.2) is 11.6 Å². The molecule has 0 saturated heterocycles. The summed E-state index contributed by atoms with van der Waals surface area (Å²) in [6.45, 7) is 0.127. The van der Waals surface area contributed by atoms with E-state index in [9.17, 15) is 8.78 Å². The third kappa shape index (κ3) is 2.78. The zero-order valence-corrected chi connectivity index (χ0v) is 12.2. The second-order valence-corrected chi connectivity index (χ2v) is 5.81. The monoisotopic (exact) mass is 318 g/mol. The maximum atomic E-state index is 13.2. The van der Waals surface area contributed by atoms with Crippen molar-refractivity contribution in [1.29, 1.82) is 5.41 Å². The van der Waals surface area contributed by atoms with Gasteiger partial charge in [-0.05, 0) is 35.9 Å². The maximum absolute atomic E-state index is 13.2. The summed E-state index contributed by atoms with van der Waals surface area (Å²) in [5.41, 5.74) is 6.04. The fraction of sp³-hybridized carbons (Fsp3) is 0.0625. The van der Waals surface area contributed by atoms with Gasteiger partial charge in [0.25, 0.3) is 0 Å². The van der Waals surface area contributed by atoms with Gasteiger partial charge in [-0.25, -0.2) is 8.78 Å². The van der Waals surface area contributed by atoms with Gasteiger partial charge in [-0.1, -0.05) is 12.1 Å². The predicted molar refractivity (Wildman–Crippen MR) is 83.5 cm³/mol. The van der Waals surface area contributed by atoms with E-state index in [1.807, 2.05) is 12.1 Å². The Bertz CT molecular complexity index is 860. The fourth-order valence-electron chi connectivity index (χ4n) is 2.08. The smallest absolute Gasteiger partial charge is 0.159 e. The van der Waals surface area contributed by atoms with Gasteiger partial charge in [-0.2, -0.15) is 0 Å². The van der Waals surface area contributed by atoms with E-state index >= 15 is 0 Å². The van der Waals surface area contributed by atoms with Crippen LogP contribution in [0.15, 0.2) is 42.5 Å². The number of nitrogen functional groups attached to an aromatic ring is 1. The van der Waals surface area contributed by atoms with E-state index in [0.29, 0.717) is 16.2 Å². The van der Waals surface area contributed by atoms with Gasteiger partial charge < -0.3 is 10.5 Å². The second-order valence-electron chi connectivity index (χ2n) is 4.73. The molecule has 0 bridgehead atoms. The summed E-state index contributed by atoms with van der Waals surface area (Å²) < 4.78 is 32.7. The molecule has 112 valence electrons. The summed E-state index contributed by atoms with van der Waals surface area (Å²) >= 11 is 1.41. The molecular formula is C16H12F2N2OS. The van der Waals surface area contributed by atoms with E-state index in [1.54, 1.807) is 12.1 Å². The Kier molecular flexibility index (Phi) is 3.77. The lowest BCUT2D eigenvalue weighted by Crippen LogP contribution is -2.08. The number of thiophene rings is 1. The third-order valence-electron chi connectivity index (χ3n) is 3.17. The van der Waals surface area contributed by atoms with Crippen LogP contribution in [0.3, 0.4) is 0 Å².